The van der Waals surface area contributed by atoms with Gasteiger partial charge in [-0.2, -0.15) is 4.98 Å². The first kappa shape index (κ1) is 16.4. The normalized spacial score (nSPS) is 28.0. The van der Waals surface area contributed by atoms with Crippen molar-refractivity contribution < 1.29 is 9.26 Å². The Hall–Kier alpha value is -0.940. The van der Waals surface area contributed by atoms with Crippen molar-refractivity contribution in [3.8, 4) is 0 Å². The number of hydrogen-bond acceptors (Lipinski definition) is 5. The Labute approximate surface area is 127 Å². The van der Waals surface area contributed by atoms with Crippen LogP contribution in [0, 0.1) is 11.8 Å². The number of hydrogen-bond donors (Lipinski definition) is 1. The highest BCUT2D eigenvalue weighted by atomic mass is 16.5. The zero-order chi connectivity index (χ0) is 15.5. The Balaban J connectivity index is 2.19. The van der Waals surface area contributed by atoms with Crippen LogP contribution in [-0.4, -0.2) is 16.7 Å². The van der Waals surface area contributed by atoms with Crippen LogP contribution in [0.2, 0.25) is 0 Å². The standard InChI is InChI=1S/C16H29N3O2/c1-5-20-16(8-6-7-12(4)10-16)15-18-14(21-19-15)13(17)9-11(2)3/h11-13H,5-10,17H2,1-4H3. The van der Waals surface area contributed by atoms with Crippen molar-refractivity contribution in [3.05, 3.63) is 11.7 Å². The molecule has 3 unspecified atom stereocenters. The zero-order valence-corrected chi connectivity index (χ0v) is 13.8. The van der Waals surface area contributed by atoms with E-state index in [1.54, 1.807) is 0 Å². The lowest BCUT2D eigenvalue weighted by Crippen LogP contribution is -2.36. The van der Waals surface area contributed by atoms with E-state index in [1.807, 2.05) is 6.92 Å². The SMILES string of the molecule is CCOC1(c2noc(C(N)CC(C)C)n2)CCCC(C)C1. The largest absolute Gasteiger partial charge is 0.367 e. The van der Waals surface area contributed by atoms with Crippen LogP contribution in [0.3, 0.4) is 0 Å². The van der Waals surface area contributed by atoms with Gasteiger partial charge in [0.15, 0.2) is 0 Å². The van der Waals surface area contributed by atoms with Crippen molar-refractivity contribution in [2.75, 3.05) is 6.61 Å². The van der Waals surface area contributed by atoms with Gasteiger partial charge in [-0.3, -0.25) is 0 Å². The lowest BCUT2D eigenvalue weighted by Gasteiger charge is -2.37. The minimum Gasteiger partial charge on any atom is -0.367 e. The summed E-state index contributed by atoms with van der Waals surface area (Å²) in [4.78, 5) is 4.58. The van der Waals surface area contributed by atoms with Crippen LogP contribution < -0.4 is 5.73 Å². The number of nitrogens with zero attached hydrogens (tertiary/aromatic N) is 2. The predicted molar refractivity (Wildman–Crippen MR) is 81.6 cm³/mol. The maximum absolute atomic E-state index is 6.15. The van der Waals surface area contributed by atoms with Crippen molar-refractivity contribution in [1.29, 1.82) is 0 Å². The van der Waals surface area contributed by atoms with E-state index >= 15 is 0 Å². The van der Waals surface area contributed by atoms with E-state index in [-0.39, 0.29) is 11.6 Å². The molecule has 1 fully saturated rings. The van der Waals surface area contributed by atoms with Crippen LogP contribution in [0.15, 0.2) is 4.52 Å². The third kappa shape index (κ3) is 3.83. The van der Waals surface area contributed by atoms with Gasteiger partial charge in [-0.25, -0.2) is 0 Å². The van der Waals surface area contributed by atoms with Crippen molar-refractivity contribution in [3.63, 3.8) is 0 Å². The van der Waals surface area contributed by atoms with Gasteiger partial charge in [0.2, 0.25) is 11.7 Å². The van der Waals surface area contributed by atoms with E-state index in [2.05, 4.69) is 30.9 Å². The number of nitrogens with two attached hydrogens (primary N) is 1. The molecular weight excluding hydrogens is 266 g/mol. The van der Waals surface area contributed by atoms with Gasteiger partial charge in [0.1, 0.15) is 5.60 Å². The summed E-state index contributed by atoms with van der Waals surface area (Å²) < 4.78 is 11.5. The summed E-state index contributed by atoms with van der Waals surface area (Å²) >= 11 is 0. The molecule has 2 N–H and O–H groups in total. The van der Waals surface area contributed by atoms with Gasteiger partial charge < -0.3 is 15.0 Å². The van der Waals surface area contributed by atoms with Gasteiger partial charge in [0.05, 0.1) is 6.04 Å². The van der Waals surface area contributed by atoms with E-state index in [0.29, 0.717) is 30.2 Å². The van der Waals surface area contributed by atoms with Gasteiger partial charge in [-0.1, -0.05) is 32.3 Å². The Morgan fingerprint density at radius 3 is 2.86 bits per heavy atom. The van der Waals surface area contributed by atoms with E-state index in [1.165, 1.54) is 6.42 Å². The molecule has 1 aromatic heterocycles. The van der Waals surface area contributed by atoms with Gasteiger partial charge >= 0.3 is 0 Å². The Morgan fingerprint density at radius 2 is 2.24 bits per heavy atom. The number of rotatable bonds is 6. The Bertz CT molecular complexity index is 442. The fourth-order valence-corrected chi connectivity index (χ4v) is 3.36. The Kier molecular flexibility index (Phi) is 5.38. The summed E-state index contributed by atoms with van der Waals surface area (Å²) in [6.07, 6.45) is 5.15. The second-order valence-electron chi connectivity index (χ2n) is 6.82. The molecule has 5 nitrogen and oxygen atoms in total. The van der Waals surface area contributed by atoms with Crippen LogP contribution in [0.1, 0.15) is 77.6 Å². The molecule has 1 aliphatic rings. The second-order valence-corrected chi connectivity index (χ2v) is 6.82. The molecule has 21 heavy (non-hydrogen) atoms. The third-order valence-corrected chi connectivity index (χ3v) is 4.27. The molecule has 2 rings (SSSR count). The zero-order valence-electron chi connectivity index (χ0n) is 13.8. The van der Waals surface area contributed by atoms with E-state index in [0.717, 1.165) is 25.7 Å². The smallest absolute Gasteiger partial charge is 0.243 e. The fourth-order valence-electron chi connectivity index (χ4n) is 3.36. The first-order valence-electron chi connectivity index (χ1n) is 8.20. The van der Waals surface area contributed by atoms with E-state index in [4.69, 9.17) is 15.0 Å². The summed E-state index contributed by atoms with van der Waals surface area (Å²) in [6, 6.07) is -0.189. The monoisotopic (exact) mass is 295 g/mol. The molecule has 120 valence electrons. The van der Waals surface area contributed by atoms with Crippen LogP contribution in [0.5, 0.6) is 0 Å². The van der Waals surface area contributed by atoms with Crippen molar-refractivity contribution in [2.24, 2.45) is 17.6 Å². The summed E-state index contributed by atoms with van der Waals surface area (Å²) in [5.41, 5.74) is 5.76. The van der Waals surface area contributed by atoms with Gasteiger partial charge in [0, 0.05) is 6.61 Å². The first-order valence-corrected chi connectivity index (χ1v) is 8.20. The van der Waals surface area contributed by atoms with Crippen molar-refractivity contribution >= 4 is 0 Å². The molecule has 0 bridgehead atoms. The van der Waals surface area contributed by atoms with E-state index in [9.17, 15) is 0 Å². The molecule has 3 atom stereocenters. The van der Waals surface area contributed by atoms with Crippen LogP contribution in [-0.2, 0) is 10.3 Å². The minimum absolute atomic E-state index is 0.189. The van der Waals surface area contributed by atoms with Crippen molar-refractivity contribution in [1.82, 2.24) is 10.1 Å². The molecule has 1 aliphatic carbocycles. The summed E-state index contributed by atoms with van der Waals surface area (Å²) in [5, 5.41) is 4.20. The molecule has 0 saturated heterocycles. The number of aromatic nitrogens is 2. The van der Waals surface area contributed by atoms with Crippen LogP contribution in [0.25, 0.3) is 0 Å². The van der Waals surface area contributed by atoms with Crippen LogP contribution in [0.4, 0.5) is 0 Å². The quantitative estimate of drug-likeness (QED) is 0.868. The number of ether oxygens (including phenoxy) is 1. The maximum Gasteiger partial charge on any atom is 0.243 e. The predicted octanol–water partition coefficient (Wildman–Crippen LogP) is 3.56. The molecule has 0 radical (unpaired) electrons. The van der Waals surface area contributed by atoms with Crippen molar-refractivity contribution in [2.45, 2.75) is 71.4 Å². The lowest BCUT2D eigenvalue weighted by molar-refractivity contribution is -0.0891. The molecule has 5 heteroatoms. The van der Waals surface area contributed by atoms with Gasteiger partial charge in [0.25, 0.3) is 0 Å². The Morgan fingerprint density at radius 1 is 1.48 bits per heavy atom. The molecule has 0 spiro atoms. The fraction of sp³-hybridized carbons (Fsp3) is 0.875. The summed E-state index contributed by atoms with van der Waals surface area (Å²) in [5.74, 6) is 2.35. The molecule has 1 heterocycles. The highest BCUT2D eigenvalue weighted by Gasteiger charge is 2.41. The van der Waals surface area contributed by atoms with Gasteiger partial charge in [-0.15, -0.1) is 0 Å². The molecule has 1 aromatic rings. The van der Waals surface area contributed by atoms with E-state index < -0.39 is 0 Å². The average Bonchev–Trinajstić information content (AvgIpc) is 2.88. The van der Waals surface area contributed by atoms with Gasteiger partial charge in [-0.05, 0) is 44.4 Å². The summed E-state index contributed by atoms with van der Waals surface area (Å²) in [7, 11) is 0. The molecule has 1 saturated carbocycles. The highest BCUT2D eigenvalue weighted by molar-refractivity contribution is 5.05. The molecule has 0 amide bonds. The first-order chi connectivity index (χ1) is 9.97. The molecule has 0 aliphatic heterocycles. The third-order valence-electron chi connectivity index (χ3n) is 4.27. The summed E-state index contributed by atoms with van der Waals surface area (Å²) in [6.45, 7) is 9.23. The minimum atomic E-state index is -0.383. The maximum atomic E-state index is 6.15. The second kappa shape index (κ2) is 6.88. The van der Waals surface area contributed by atoms with Crippen LogP contribution >= 0.6 is 0 Å². The topological polar surface area (TPSA) is 74.2 Å². The highest BCUT2D eigenvalue weighted by Crippen LogP contribution is 2.41. The molecule has 0 aromatic carbocycles. The lowest BCUT2D eigenvalue weighted by atomic mass is 9.78. The molecular formula is C16H29N3O2. The average molecular weight is 295 g/mol.